The molecule has 2 aromatic heterocycles. The summed E-state index contributed by atoms with van der Waals surface area (Å²) in [7, 11) is -2.12. The number of carbonyl (C=O) groups excluding carboxylic acids is 1. The third-order valence-corrected chi connectivity index (χ3v) is 10.0. The van der Waals surface area contributed by atoms with Gasteiger partial charge in [0.05, 0.1) is 10.6 Å². The van der Waals surface area contributed by atoms with Crippen LogP contribution in [0.15, 0.2) is 47.4 Å². The summed E-state index contributed by atoms with van der Waals surface area (Å²) in [6, 6.07) is 8.74. The van der Waals surface area contributed by atoms with Gasteiger partial charge < -0.3 is 14.6 Å². The molecule has 0 unspecified atom stereocenters. The normalized spacial score (nSPS) is 14.5. The number of sulfonamides is 1. The summed E-state index contributed by atoms with van der Waals surface area (Å²) in [6.07, 6.45) is 1.82. The number of pyridine rings is 1. The Hall–Kier alpha value is -3.84. The molecule has 1 saturated carbocycles. The van der Waals surface area contributed by atoms with Crippen molar-refractivity contribution < 1.29 is 31.1 Å². The number of hydrogen-bond acceptors (Lipinski definition) is 6. The number of alkyl halides is 2. The van der Waals surface area contributed by atoms with E-state index in [2.05, 4.69) is 10.0 Å². The van der Waals surface area contributed by atoms with E-state index in [9.17, 15) is 31.2 Å². The Labute approximate surface area is 250 Å². The van der Waals surface area contributed by atoms with Crippen molar-refractivity contribution in [3.63, 3.8) is 0 Å². The van der Waals surface area contributed by atoms with E-state index < -0.39 is 38.8 Å². The van der Waals surface area contributed by atoms with E-state index in [1.807, 2.05) is 0 Å². The number of ether oxygens (including phenoxy) is 1. The van der Waals surface area contributed by atoms with Gasteiger partial charge in [-0.25, -0.2) is 21.6 Å². The topological polar surface area (TPSA) is 106 Å². The zero-order valence-corrected chi connectivity index (χ0v) is 25.7. The largest absolute Gasteiger partial charge is 0.456 e. The Bertz CT molecular complexity index is 1920. The second-order valence-electron chi connectivity index (χ2n) is 10.9. The second kappa shape index (κ2) is 10.7. The molecule has 2 heterocycles. The first-order valence-electron chi connectivity index (χ1n) is 13.5. The Kier molecular flexibility index (Phi) is 7.62. The van der Waals surface area contributed by atoms with Crippen LogP contribution < -0.4 is 20.3 Å². The zero-order chi connectivity index (χ0) is 31.5. The summed E-state index contributed by atoms with van der Waals surface area (Å²) in [5, 5.41) is 2.82. The number of anilines is 1. The van der Waals surface area contributed by atoms with Crippen LogP contribution in [0, 0.1) is 19.7 Å². The van der Waals surface area contributed by atoms with Crippen molar-refractivity contribution in [2.45, 2.75) is 52.0 Å². The minimum atomic E-state index is -3.65. The minimum Gasteiger partial charge on any atom is -0.456 e. The van der Waals surface area contributed by atoms with E-state index in [1.165, 1.54) is 49.0 Å². The van der Waals surface area contributed by atoms with Crippen LogP contribution in [0.3, 0.4) is 0 Å². The molecule has 5 rings (SSSR count). The number of aromatic nitrogens is 1. The lowest BCUT2D eigenvalue weighted by atomic mass is 10.0. The predicted octanol–water partition coefficient (Wildman–Crippen LogP) is 6.49. The molecule has 1 amide bonds. The first kappa shape index (κ1) is 30.6. The highest BCUT2D eigenvalue weighted by Crippen LogP contribution is 2.48. The van der Waals surface area contributed by atoms with Crippen LogP contribution in [0.4, 0.5) is 18.9 Å². The fourth-order valence-corrected chi connectivity index (χ4v) is 6.63. The van der Waals surface area contributed by atoms with Gasteiger partial charge in [-0.2, -0.15) is 0 Å². The fraction of sp³-hybridized carbons (Fsp3) is 0.333. The van der Waals surface area contributed by atoms with E-state index in [1.54, 1.807) is 26.0 Å². The molecule has 0 spiro atoms. The molecule has 2 aromatic carbocycles. The molecule has 1 aliphatic rings. The summed E-state index contributed by atoms with van der Waals surface area (Å²) in [5.41, 5.74) is 0.0723. The van der Waals surface area contributed by atoms with Crippen molar-refractivity contribution in [2.24, 2.45) is 7.05 Å². The maximum Gasteiger partial charge on any atom is 0.268 e. The lowest BCUT2D eigenvalue weighted by molar-refractivity contribution is -0.0280. The van der Waals surface area contributed by atoms with Crippen molar-refractivity contribution in [3.8, 4) is 22.6 Å². The van der Waals surface area contributed by atoms with Gasteiger partial charge >= 0.3 is 0 Å². The summed E-state index contributed by atoms with van der Waals surface area (Å²) >= 11 is 0.884. The molecule has 1 aliphatic carbocycles. The molecule has 0 aliphatic heterocycles. The average Bonchev–Trinajstić information content (AvgIpc) is 3.57. The summed E-state index contributed by atoms with van der Waals surface area (Å²) in [5.74, 6) is -3.75. The number of amides is 1. The van der Waals surface area contributed by atoms with Crippen molar-refractivity contribution in [1.82, 2.24) is 9.88 Å². The summed E-state index contributed by atoms with van der Waals surface area (Å²) in [6.45, 7) is 5.64. The molecule has 0 bridgehead atoms. The number of fused-ring (bicyclic) bond motifs is 1. The molecule has 8 nitrogen and oxygen atoms in total. The third kappa shape index (κ3) is 5.87. The first-order chi connectivity index (χ1) is 20.0. The van der Waals surface area contributed by atoms with Gasteiger partial charge in [-0.15, -0.1) is 11.3 Å². The Morgan fingerprint density at radius 3 is 2.35 bits per heavy atom. The number of hydrogen-bond donors (Lipinski definition) is 2. The van der Waals surface area contributed by atoms with E-state index in [0.717, 1.165) is 18.3 Å². The maximum absolute atomic E-state index is 14.2. The molecule has 0 saturated heterocycles. The fourth-order valence-electron chi connectivity index (χ4n) is 4.95. The van der Waals surface area contributed by atoms with Gasteiger partial charge in [0.15, 0.2) is 0 Å². The highest BCUT2D eigenvalue weighted by molar-refractivity contribution is 7.92. The third-order valence-electron chi connectivity index (χ3n) is 7.59. The second-order valence-corrected chi connectivity index (χ2v) is 14.0. The van der Waals surface area contributed by atoms with E-state index in [0.29, 0.717) is 33.4 Å². The Morgan fingerprint density at radius 2 is 1.77 bits per heavy atom. The van der Waals surface area contributed by atoms with Gasteiger partial charge in [0.25, 0.3) is 17.4 Å². The van der Waals surface area contributed by atoms with Crippen molar-refractivity contribution in [3.05, 3.63) is 74.8 Å². The maximum atomic E-state index is 14.2. The van der Waals surface area contributed by atoms with Gasteiger partial charge in [-0.05, 0) is 81.1 Å². The van der Waals surface area contributed by atoms with Crippen LogP contribution >= 0.6 is 11.3 Å². The molecular weight excluding hydrogens is 603 g/mol. The minimum absolute atomic E-state index is 0.0746. The van der Waals surface area contributed by atoms with Gasteiger partial charge in [-0.1, -0.05) is 0 Å². The van der Waals surface area contributed by atoms with Gasteiger partial charge in [-0.3, -0.25) is 14.3 Å². The highest BCUT2D eigenvalue weighted by Gasteiger charge is 2.60. The van der Waals surface area contributed by atoms with Gasteiger partial charge in [0, 0.05) is 42.4 Å². The van der Waals surface area contributed by atoms with Crippen molar-refractivity contribution >= 4 is 43.0 Å². The smallest absolute Gasteiger partial charge is 0.268 e. The number of carbonyl (C=O) groups is 1. The summed E-state index contributed by atoms with van der Waals surface area (Å²) < 4.78 is 77.4. The zero-order valence-electron chi connectivity index (χ0n) is 24.1. The monoisotopic (exact) mass is 633 g/mol. The molecular formula is C30H30F3N3O5S2. The number of thiophene rings is 1. The van der Waals surface area contributed by atoms with Crippen LogP contribution in [-0.4, -0.2) is 36.1 Å². The predicted molar refractivity (Wildman–Crippen MR) is 162 cm³/mol. The molecule has 4 aromatic rings. The first-order valence-corrected chi connectivity index (χ1v) is 15.9. The Morgan fingerprint density at radius 1 is 1.12 bits per heavy atom. The molecule has 0 radical (unpaired) electrons. The molecule has 228 valence electrons. The van der Waals surface area contributed by atoms with Crippen LogP contribution in [0.1, 0.15) is 47.5 Å². The van der Waals surface area contributed by atoms with Crippen molar-refractivity contribution in [2.75, 3.05) is 10.5 Å². The van der Waals surface area contributed by atoms with Crippen LogP contribution in [-0.2, 0) is 17.1 Å². The number of nitrogens with zero attached hydrogens (tertiary/aromatic N) is 1. The van der Waals surface area contributed by atoms with E-state index in [4.69, 9.17) is 4.74 Å². The Balaban J connectivity index is 1.68. The molecule has 1 fully saturated rings. The number of halogens is 3. The quantitative estimate of drug-likeness (QED) is 0.219. The standard InChI is InChI=1S/C30H30F3N3O5S2/c1-6-43(39,40)35-19-7-8-23(41-25-16(2)11-18(31)12-17(25)3)20(13-19)22-15-36(5)28(38)26-21(22)14-24(42-26)27(37)34-30(9-10-30)29(4,32)33/h7-8,11-15,35H,6,9-10H2,1-5H3,(H,34,37). The van der Waals surface area contributed by atoms with Crippen LogP contribution in [0.5, 0.6) is 11.5 Å². The van der Waals surface area contributed by atoms with Gasteiger partial charge in [0.1, 0.15) is 27.6 Å². The molecule has 0 atom stereocenters. The lowest BCUT2D eigenvalue weighted by Crippen LogP contribution is -2.48. The van der Waals surface area contributed by atoms with E-state index in [-0.39, 0.29) is 39.6 Å². The number of rotatable bonds is 9. The molecule has 13 heteroatoms. The number of nitrogens with one attached hydrogen (secondary N) is 2. The number of aryl methyl sites for hydroxylation is 3. The molecule has 43 heavy (non-hydrogen) atoms. The van der Waals surface area contributed by atoms with Crippen LogP contribution in [0.2, 0.25) is 0 Å². The molecule has 2 N–H and O–H groups in total. The van der Waals surface area contributed by atoms with Crippen molar-refractivity contribution in [1.29, 1.82) is 0 Å². The van der Waals surface area contributed by atoms with Crippen LogP contribution in [0.25, 0.3) is 21.2 Å². The van der Waals surface area contributed by atoms with E-state index >= 15 is 0 Å². The average molecular weight is 634 g/mol. The SMILES string of the molecule is CCS(=O)(=O)Nc1ccc(Oc2c(C)cc(F)cc2C)c(-c2cn(C)c(=O)c3sc(C(=O)NC4(C(C)(F)F)CC4)cc23)c1. The highest BCUT2D eigenvalue weighted by atomic mass is 32.2. The van der Waals surface area contributed by atoms with Gasteiger partial charge in [0.2, 0.25) is 10.0 Å². The lowest BCUT2D eigenvalue weighted by Gasteiger charge is -2.23. The number of benzene rings is 2. The summed E-state index contributed by atoms with van der Waals surface area (Å²) in [4.78, 5) is 26.4.